The van der Waals surface area contributed by atoms with E-state index in [1.54, 1.807) is 0 Å². The van der Waals surface area contributed by atoms with Crippen molar-refractivity contribution in [3.8, 4) is 5.88 Å². The van der Waals surface area contributed by atoms with Crippen LogP contribution in [0.3, 0.4) is 0 Å². The predicted molar refractivity (Wildman–Crippen MR) is 90.0 cm³/mol. The van der Waals surface area contributed by atoms with E-state index in [1.165, 1.54) is 6.92 Å². The minimum atomic E-state index is -4.50. The van der Waals surface area contributed by atoms with E-state index in [4.69, 9.17) is 9.47 Å². The molecular formula is C18H26F3N3O2. The minimum Gasteiger partial charge on any atom is -0.476 e. The normalized spacial score (nSPS) is 26.5. The molecule has 2 atom stereocenters. The predicted octanol–water partition coefficient (Wildman–Crippen LogP) is 3.60. The Labute approximate surface area is 151 Å². The van der Waals surface area contributed by atoms with Gasteiger partial charge in [0.2, 0.25) is 5.88 Å². The number of aryl methyl sites for hydroxylation is 1. The van der Waals surface area contributed by atoms with E-state index >= 15 is 0 Å². The van der Waals surface area contributed by atoms with Crippen molar-refractivity contribution in [1.29, 1.82) is 0 Å². The summed E-state index contributed by atoms with van der Waals surface area (Å²) in [5, 5.41) is 0. The lowest BCUT2D eigenvalue weighted by atomic mass is 9.95. The molecule has 0 radical (unpaired) electrons. The third kappa shape index (κ3) is 4.11. The number of nitrogens with zero attached hydrogens (tertiary/aromatic N) is 3. The van der Waals surface area contributed by atoms with Gasteiger partial charge in [0, 0.05) is 17.6 Å². The first-order valence-corrected chi connectivity index (χ1v) is 9.14. The van der Waals surface area contributed by atoms with Crippen molar-refractivity contribution in [2.45, 2.75) is 70.3 Å². The summed E-state index contributed by atoms with van der Waals surface area (Å²) in [4.78, 5) is 9.87. The molecule has 0 amide bonds. The molecule has 5 nitrogen and oxygen atoms in total. The van der Waals surface area contributed by atoms with Crippen LogP contribution in [0.5, 0.6) is 5.88 Å². The lowest BCUT2D eigenvalue weighted by Gasteiger charge is -2.35. The Balaban J connectivity index is 1.65. The third-order valence-corrected chi connectivity index (χ3v) is 5.25. The SMILES string of the molecule is Cc1nc(OC[C@@H]2CC[C@]3(COC(C)C)CCCN23)cc(C(F)(F)F)n1. The summed E-state index contributed by atoms with van der Waals surface area (Å²) >= 11 is 0. The monoisotopic (exact) mass is 373 g/mol. The van der Waals surface area contributed by atoms with Gasteiger partial charge in [0.25, 0.3) is 0 Å². The van der Waals surface area contributed by atoms with E-state index in [1.807, 2.05) is 13.8 Å². The smallest absolute Gasteiger partial charge is 0.433 e. The zero-order chi connectivity index (χ0) is 18.9. The van der Waals surface area contributed by atoms with Gasteiger partial charge in [-0.05, 0) is 53.0 Å². The molecule has 0 saturated carbocycles. The van der Waals surface area contributed by atoms with Gasteiger partial charge in [-0.1, -0.05) is 0 Å². The van der Waals surface area contributed by atoms with Gasteiger partial charge >= 0.3 is 6.18 Å². The first kappa shape index (κ1) is 19.4. The number of rotatable bonds is 6. The Morgan fingerprint density at radius 3 is 2.77 bits per heavy atom. The van der Waals surface area contributed by atoms with Crippen LogP contribution in [0.15, 0.2) is 6.07 Å². The number of hydrogen-bond donors (Lipinski definition) is 0. The van der Waals surface area contributed by atoms with Crippen molar-refractivity contribution in [2.75, 3.05) is 19.8 Å². The molecule has 26 heavy (non-hydrogen) atoms. The average molecular weight is 373 g/mol. The molecule has 146 valence electrons. The van der Waals surface area contributed by atoms with Crippen molar-refractivity contribution < 1.29 is 22.6 Å². The fraction of sp³-hybridized carbons (Fsp3) is 0.778. The second-order valence-corrected chi connectivity index (χ2v) is 7.52. The lowest BCUT2D eigenvalue weighted by molar-refractivity contribution is -0.141. The maximum atomic E-state index is 12.9. The van der Waals surface area contributed by atoms with Gasteiger partial charge in [-0.3, -0.25) is 4.90 Å². The second-order valence-electron chi connectivity index (χ2n) is 7.52. The molecule has 0 aliphatic carbocycles. The summed E-state index contributed by atoms with van der Waals surface area (Å²) in [5.41, 5.74) is -0.913. The van der Waals surface area contributed by atoms with Crippen molar-refractivity contribution in [2.24, 2.45) is 0 Å². The number of hydrogen-bond acceptors (Lipinski definition) is 5. The van der Waals surface area contributed by atoms with Crippen LogP contribution in [-0.2, 0) is 10.9 Å². The fourth-order valence-electron chi connectivity index (χ4n) is 4.05. The Kier molecular flexibility index (Phi) is 5.44. The lowest BCUT2D eigenvalue weighted by Crippen LogP contribution is -2.47. The Hall–Kier alpha value is -1.41. The highest BCUT2D eigenvalue weighted by Crippen LogP contribution is 2.43. The van der Waals surface area contributed by atoms with E-state index in [-0.39, 0.29) is 29.4 Å². The molecule has 2 fully saturated rings. The molecule has 1 aromatic rings. The van der Waals surface area contributed by atoms with Crippen molar-refractivity contribution in [3.05, 3.63) is 17.6 Å². The van der Waals surface area contributed by atoms with Crippen molar-refractivity contribution in [1.82, 2.24) is 14.9 Å². The standard InChI is InChI=1S/C18H26F3N3O2/c1-12(2)26-11-17-6-4-8-24(17)14(5-7-17)10-25-16-9-15(18(19,20)21)22-13(3)23-16/h9,12,14H,4-8,10-11H2,1-3H3/t14-,17-/m0/s1. The number of halogens is 3. The van der Waals surface area contributed by atoms with Gasteiger partial charge in [-0.2, -0.15) is 18.2 Å². The highest BCUT2D eigenvalue weighted by Gasteiger charge is 2.49. The van der Waals surface area contributed by atoms with Crippen LogP contribution < -0.4 is 4.74 Å². The van der Waals surface area contributed by atoms with Gasteiger partial charge in [0.15, 0.2) is 5.69 Å². The Bertz CT molecular complexity index is 639. The molecule has 0 unspecified atom stereocenters. The van der Waals surface area contributed by atoms with Crippen LogP contribution in [0.25, 0.3) is 0 Å². The molecule has 0 aromatic carbocycles. The van der Waals surface area contributed by atoms with Crippen LogP contribution >= 0.6 is 0 Å². The number of aromatic nitrogens is 2. The van der Waals surface area contributed by atoms with Crippen molar-refractivity contribution >= 4 is 0 Å². The highest BCUT2D eigenvalue weighted by atomic mass is 19.4. The molecule has 0 bridgehead atoms. The Morgan fingerprint density at radius 1 is 1.31 bits per heavy atom. The summed E-state index contributed by atoms with van der Waals surface area (Å²) in [7, 11) is 0. The topological polar surface area (TPSA) is 47.5 Å². The van der Waals surface area contributed by atoms with E-state index < -0.39 is 11.9 Å². The average Bonchev–Trinajstić information content (AvgIpc) is 3.09. The van der Waals surface area contributed by atoms with Crippen LogP contribution in [0, 0.1) is 6.92 Å². The quantitative estimate of drug-likeness (QED) is 0.762. The van der Waals surface area contributed by atoms with Crippen LogP contribution in [0.1, 0.15) is 51.0 Å². The van der Waals surface area contributed by atoms with E-state index in [9.17, 15) is 13.2 Å². The van der Waals surface area contributed by atoms with Gasteiger partial charge < -0.3 is 9.47 Å². The Morgan fingerprint density at radius 2 is 2.08 bits per heavy atom. The summed E-state index contributed by atoms with van der Waals surface area (Å²) in [6.45, 7) is 7.50. The molecule has 3 rings (SSSR count). The zero-order valence-electron chi connectivity index (χ0n) is 15.5. The fourth-order valence-corrected chi connectivity index (χ4v) is 4.05. The summed E-state index contributed by atoms with van der Waals surface area (Å²) in [6.07, 6.45) is -0.115. The zero-order valence-corrected chi connectivity index (χ0v) is 15.5. The number of alkyl halides is 3. The maximum Gasteiger partial charge on any atom is 0.433 e. The first-order valence-electron chi connectivity index (χ1n) is 9.14. The van der Waals surface area contributed by atoms with Gasteiger partial charge in [0.05, 0.1) is 12.7 Å². The molecule has 2 aliphatic rings. The summed E-state index contributed by atoms with van der Waals surface area (Å²) in [5.74, 6) is 0.0436. The van der Waals surface area contributed by atoms with Crippen LogP contribution in [0.4, 0.5) is 13.2 Å². The van der Waals surface area contributed by atoms with E-state index in [0.717, 1.165) is 38.3 Å². The second kappa shape index (κ2) is 7.31. The van der Waals surface area contributed by atoms with Crippen molar-refractivity contribution in [3.63, 3.8) is 0 Å². The first-order chi connectivity index (χ1) is 12.2. The summed E-state index contributed by atoms with van der Waals surface area (Å²) < 4.78 is 50.2. The largest absolute Gasteiger partial charge is 0.476 e. The van der Waals surface area contributed by atoms with E-state index in [0.29, 0.717) is 13.2 Å². The molecular weight excluding hydrogens is 347 g/mol. The molecule has 1 aromatic heterocycles. The third-order valence-electron chi connectivity index (χ3n) is 5.25. The maximum absolute atomic E-state index is 12.9. The molecule has 3 heterocycles. The van der Waals surface area contributed by atoms with Gasteiger partial charge in [-0.15, -0.1) is 0 Å². The van der Waals surface area contributed by atoms with Gasteiger partial charge in [-0.25, -0.2) is 4.98 Å². The molecule has 0 spiro atoms. The van der Waals surface area contributed by atoms with E-state index in [2.05, 4.69) is 14.9 Å². The highest BCUT2D eigenvalue weighted by molar-refractivity contribution is 5.18. The number of ether oxygens (including phenoxy) is 2. The molecule has 2 saturated heterocycles. The van der Waals surface area contributed by atoms with Crippen LogP contribution in [0.2, 0.25) is 0 Å². The minimum absolute atomic E-state index is 0.0139. The molecule has 2 aliphatic heterocycles. The summed E-state index contributed by atoms with van der Waals surface area (Å²) in [6, 6.07) is 1.05. The molecule has 0 N–H and O–H groups in total. The molecule has 8 heteroatoms. The van der Waals surface area contributed by atoms with Gasteiger partial charge in [0.1, 0.15) is 12.4 Å². The number of fused-ring (bicyclic) bond motifs is 1. The van der Waals surface area contributed by atoms with Crippen LogP contribution in [-0.4, -0.2) is 52.3 Å².